The summed E-state index contributed by atoms with van der Waals surface area (Å²) in [7, 11) is 0. The summed E-state index contributed by atoms with van der Waals surface area (Å²) < 4.78 is 0. The lowest BCUT2D eigenvalue weighted by Gasteiger charge is -2.11. The molecule has 1 heteroatoms. The molecule has 0 saturated heterocycles. The Labute approximate surface area is 161 Å². The molecule has 0 fully saturated rings. The van der Waals surface area contributed by atoms with E-state index in [1.807, 2.05) is 25.2 Å². The van der Waals surface area contributed by atoms with Crippen LogP contribution in [-0.4, -0.2) is 5.11 Å². The molecule has 0 radical (unpaired) electrons. The fourth-order valence-corrected chi connectivity index (χ4v) is 1.65. The van der Waals surface area contributed by atoms with Crippen LogP contribution in [0.3, 0.4) is 0 Å². The fourth-order valence-electron chi connectivity index (χ4n) is 1.65. The number of allylic oxidation sites excluding steroid dienone is 11. The largest absolute Gasteiger partial charge is 0.509 e. The minimum absolute atomic E-state index is 0.0138. The predicted molar refractivity (Wildman–Crippen MR) is 120 cm³/mol. The maximum absolute atomic E-state index is 9.11. The van der Waals surface area contributed by atoms with E-state index in [1.54, 1.807) is 6.08 Å². The molecule has 0 aromatic carbocycles. The van der Waals surface area contributed by atoms with Crippen molar-refractivity contribution in [3.63, 3.8) is 0 Å². The Morgan fingerprint density at radius 1 is 0.692 bits per heavy atom. The minimum Gasteiger partial charge on any atom is -0.509 e. The molecule has 0 atom stereocenters. The topological polar surface area (TPSA) is 20.2 Å². The molecule has 26 heavy (non-hydrogen) atoms. The van der Waals surface area contributed by atoms with Crippen LogP contribution >= 0.6 is 0 Å². The average molecular weight is 353 g/mol. The summed E-state index contributed by atoms with van der Waals surface area (Å²) in [5.74, 6) is -0.0138. The van der Waals surface area contributed by atoms with Crippen LogP contribution in [0.5, 0.6) is 0 Å². The van der Waals surface area contributed by atoms with Crippen LogP contribution in [0.15, 0.2) is 109 Å². The quantitative estimate of drug-likeness (QED) is 0.311. The second kappa shape index (κ2) is 14.8. The molecule has 0 aliphatic heterocycles. The zero-order valence-corrected chi connectivity index (χ0v) is 17.2. The molecular weight excluding hydrogens is 316 g/mol. The monoisotopic (exact) mass is 352 g/mol. The lowest BCUT2D eigenvalue weighted by Crippen LogP contribution is -1.92. The molecule has 0 aromatic heterocycles. The van der Waals surface area contributed by atoms with Crippen molar-refractivity contribution in [3.05, 3.63) is 109 Å². The molecule has 0 unspecified atom stereocenters. The van der Waals surface area contributed by atoms with Crippen LogP contribution in [0.2, 0.25) is 0 Å². The van der Waals surface area contributed by atoms with Crippen LogP contribution in [0, 0.1) is 0 Å². The highest BCUT2D eigenvalue weighted by Gasteiger charge is 2.04. The van der Waals surface area contributed by atoms with Gasteiger partial charge in [-0.25, -0.2) is 0 Å². The zero-order chi connectivity index (χ0) is 20.7. The van der Waals surface area contributed by atoms with Gasteiger partial charge in [-0.3, -0.25) is 0 Å². The van der Waals surface area contributed by atoms with E-state index in [0.29, 0.717) is 0 Å². The molecule has 0 heterocycles. The van der Waals surface area contributed by atoms with E-state index in [2.05, 4.69) is 60.2 Å². The smallest absolute Gasteiger partial charge is 0.108 e. The van der Waals surface area contributed by atoms with Crippen molar-refractivity contribution in [1.82, 2.24) is 0 Å². The first-order valence-electron chi connectivity index (χ1n) is 9.03. The van der Waals surface area contributed by atoms with Gasteiger partial charge in [-0.15, -0.1) is 0 Å². The number of hydrogen-bond acceptors (Lipinski definition) is 1. The van der Waals surface area contributed by atoms with Gasteiger partial charge in [0.15, 0.2) is 0 Å². The Hall–Kier alpha value is -2.54. The number of rotatable bonds is 10. The number of aliphatic hydroxyl groups is 1. The first kappa shape index (κ1) is 25.7. The summed E-state index contributed by atoms with van der Waals surface area (Å²) in [6.45, 7) is 31.8. The first-order chi connectivity index (χ1) is 12.1. The molecule has 0 bridgehead atoms. The third-order valence-corrected chi connectivity index (χ3v) is 3.37. The van der Waals surface area contributed by atoms with Crippen molar-refractivity contribution >= 4 is 0 Å². The Bertz CT molecular complexity index is 633. The number of hydrogen-bond donors (Lipinski definition) is 1. The SMILES string of the molecule is C=C(O)/C=C\C(=C)C(=C)/C(=C\C(=C)C(=C)/C=C\C(=C)CC)CC.CCC. The summed E-state index contributed by atoms with van der Waals surface area (Å²) in [4.78, 5) is 0. The third kappa shape index (κ3) is 11.9. The van der Waals surface area contributed by atoms with Crippen molar-refractivity contribution in [2.24, 2.45) is 0 Å². The standard InChI is InChI=1S/C22H28O.C3H8/c1-9-16(3)11-12-17(4)19(6)15-22(10-2)21(8)18(5)13-14-20(7)23;1-3-2/h11-15,23H,3-10H2,1-2H3;3H2,1-2H3/b12-11-,14-13-,22-15-;. The number of aliphatic hydroxyl groups excluding tert-OH is 1. The maximum Gasteiger partial charge on any atom is 0.108 e. The molecule has 0 saturated carbocycles. The molecule has 1 nitrogen and oxygen atoms in total. The summed E-state index contributed by atoms with van der Waals surface area (Å²) in [5.41, 5.74) is 5.26. The van der Waals surface area contributed by atoms with E-state index in [0.717, 1.165) is 46.3 Å². The molecule has 0 amide bonds. The molecule has 0 spiro atoms. The van der Waals surface area contributed by atoms with Crippen molar-refractivity contribution in [2.45, 2.75) is 47.0 Å². The van der Waals surface area contributed by atoms with Crippen LogP contribution in [0.4, 0.5) is 0 Å². The summed E-state index contributed by atoms with van der Waals surface area (Å²) >= 11 is 0. The van der Waals surface area contributed by atoms with Gasteiger partial charge in [0.05, 0.1) is 0 Å². The maximum atomic E-state index is 9.11. The minimum atomic E-state index is -0.0138. The zero-order valence-electron chi connectivity index (χ0n) is 17.2. The van der Waals surface area contributed by atoms with Gasteiger partial charge in [0, 0.05) is 0 Å². The molecule has 0 rings (SSSR count). The van der Waals surface area contributed by atoms with Gasteiger partial charge in [-0.2, -0.15) is 0 Å². The second-order valence-electron chi connectivity index (χ2n) is 5.95. The lowest BCUT2D eigenvalue weighted by atomic mass is 9.94. The predicted octanol–water partition coefficient (Wildman–Crippen LogP) is 8.11. The van der Waals surface area contributed by atoms with Gasteiger partial charge in [0.1, 0.15) is 5.76 Å². The molecule has 142 valence electrons. The van der Waals surface area contributed by atoms with Crippen molar-refractivity contribution in [2.75, 3.05) is 0 Å². The van der Waals surface area contributed by atoms with Crippen LogP contribution in [0.25, 0.3) is 0 Å². The van der Waals surface area contributed by atoms with Crippen molar-refractivity contribution in [3.8, 4) is 0 Å². The van der Waals surface area contributed by atoms with E-state index in [4.69, 9.17) is 5.11 Å². The van der Waals surface area contributed by atoms with E-state index >= 15 is 0 Å². The molecule has 0 aliphatic rings. The van der Waals surface area contributed by atoms with Gasteiger partial charge in [0.2, 0.25) is 0 Å². The Morgan fingerprint density at radius 3 is 1.62 bits per heavy atom. The van der Waals surface area contributed by atoms with E-state index in [-0.39, 0.29) is 5.76 Å². The van der Waals surface area contributed by atoms with E-state index < -0.39 is 0 Å². The van der Waals surface area contributed by atoms with Crippen LogP contribution in [-0.2, 0) is 0 Å². The Balaban J connectivity index is 0. The highest BCUT2D eigenvalue weighted by Crippen LogP contribution is 2.23. The average Bonchev–Trinajstić information content (AvgIpc) is 2.61. The molecule has 0 aromatic rings. The molecular formula is C25H36O. The fraction of sp³-hybridized carbons (Fsp3) is 0.280. The lowest BCUT2D eigenvalue weighted by molar-refractivity contribution is 0.435. The first-order valence-corrected chi connectivity index (χ1v) is 9.03. The van der Waals surface area contributed by atoms with E-state index in [1.165, 1.54) is 12.5 Å². The highest BCUT2D eigenvalue weighted by molar-refractivity contribution is 5.54. The van der Waals surface area contributed by atoms with Crippen LogP contribution in [0.1, 0.15) is 47.0 Å². The van der Waals surface area contributed by atoms with Crippen molar-refractivity contribution in [1.29, 1.82) is 0 Å². The summed E-state index contributed by atoms with van der Waals surface area (Å²) in [6, 6.07) is 0. The van der Waals surface area contributed by atoms with E-state index in [9.17, 15) is 0 Å². The van der Waals surface area contributed by atoms with Crippen molar-refractivity contribution < 1.29 is 5.11 Å². The van der Waals surface area contributed by atoms with Gasteiger partial charge in [0.25, 0.3) is 0 Å². The Kier molecular flexibility index (Phi) is 14.6. The van der Waals surface area contributed by atoms with Gasteiger partial charge < -0.3 is 5.11 Å². The Morgan fingerprint density at radius 2 is 1.19 bits per heavy atom. The van der Waals surface area contributed by atoms with Gasteiger partial charge in [-0.1, -0.05) is 103 Å². The summed E-state index contributed by atoms with van der Waals surface area (Å²) in [5, 5.41) is 9.11. The molecule has 0 aliphatic carbocycles. The highest BCUT2D eigenvalue weighted by atomic mass is 16.3. The van der Waals surface area contributed by atoms with Gasteiger partial charge >= 0.3 is 0 Å². The third-order valence-electron chi connectivity index (χ3n) is 3.37. The summed E-state index contributed by atoms with van der Waals surface area (Å²) in [6.07, 6.45) is 12.0. The normalized spacial score (nSPS) is 11.0. The molecule has 1 N–H and O–H groups in total. The van der Waals surface area contributed by atoms with Gasteiger partial charge in [-0.05, 0) is 46.8 Å². The second-order valence-corrected chi connectivity index (χ2v) is 5.95. The van der Waals surface area contributed by atoms with Crippen LogP contribution < -0.4 is 0 Å².